The van der Waals surface area contributed by atoms with Crippen LogP contribution in [0.5, 0.6) is 0 Å². The van der Waals surface area contributed by atoms with Gasteiger partial charge >= 0.3 is 5.69 Å². The Morgan fingerprint density at radius 1 is 1.07 bits per heavy atom. The minimum absolute atomic E-state index is 0.0710. The SMILES string of the molecule is COCCCn1c(=O)c2ccccc2n(CC(=O)Nc2cc(F)cc(F)c2)c1=O. The third kappa shape index (κ3) is 4.57. The van der Waals surface area contributed by atoms with Gasteiger partial charge in [0.2, 0.25) is 5.91 Å². The van der Waals surface area contributed by atoms with E-state index in [-0.39, 0.29) is 17.6 Å². The number of aromatic nitrogens is 2. The largest absolute Gasteiger partial charge is 0.385 e. The van der Waals surface area contributed by atoms with Gasteiger partial charge in [-0.3, -0.25) is 18.7 Å². The quantitative estimate of drug-likeness (QED) is 0.613. The van der Waals surface area contributed by atoms with Gasteiger partial charge in [0.1, 0.15) is 18.2 Å². The molecule has 7 nitrogen and oxygen atoms in total. The van der Waals surface area contributed by atoms with Crippen molar-refractivity contribution in [3.63, 3.8) is 0 Å². The number of ether oxygens (including phenoxy) is 1. The second-order valence-corrected chi connectivity index (χ2v) is 6.40. The van der Waals surface area contributed by atoms with Gasteiger partial charge in [-0.25, -0.2) is 13.6 Å². The topological polar surface area (TPSA) is 82.3 Å². The predicted octanol–water partition coefficient (Wildman–Crippen LogP) is 2.12. The summed E-state index contributed by atoms with van der Waals surface area (Å²) in [6.07, 6.45) is 0.443. The van der Waals surface area contributed by atoms with Crippen molar-refractivity contribution in [1.29, 1.82) is 0 Å². The molecule has 0 fully saturated rings. The molecular weight excluding hydrogens is 384 g/mol. The summed E-state index contributed by atoms with van der Waals surface area (Å²) in [7, 11) is 1.51. The van der Waals surface area contributed by atoms with Crippen LogP contribution in [0.15, 0.2) is 52.1 Å². The first-order valence-corrected chi connectivity index (χ1v) is 8.88. The minimum atomic E-state index is -0.838. The molecule has 3 aromatic rings. The number of rotatable bonds is 7. The fourth-order valence-electron chi connectivity index (χ4n) is 3.06. The van der Waals surface area contributed by atoms with Gasteiger partial charge in [-0.1, -0.05) is 12.1 Å². The average Bonchev–Trinajstić information content (AvgIpc) is 2.67. The summed E-state index contributed by atoms with van der Waals surface area (Å²) >= 11 is 0. The van der Waals surface area contributed by atoms with Crippen LogP contribution >= 0.6 is 0 Å². The normalized spacial score (nSPS) is 11.0. The third-order valence-electron chi connectivity index (χ3n) is 4.31. The van der Waals surface area contributed by atoms with E-state index in [1.54, 1.807) is 24.3 Å². The Bertz CT molecular complexity index is 1150. The lowest BCUT2D eigenvalue weighted by Crippen LogP contribution is -2.42. The maximum Gasteiger partial charge on any atom is 0.331 e. The Morgan fingerprint density at radius 2 is 1.76 bits per heavy atom. The van der Waals surface area contributed by atoms with Crippen LogP contribution in [0.25, 0.3) is 10.9 Å². The van der Waals surface area contributed by atoms with E-state index < -0.39 is 35.3 Å². The number of methoxy groups -OCH3 is 1. The van der Waals surface area contributed by atoms with Crippen LogP contribution in [0.3, 0.4) is 0 Å². The molecule has 1 N–H and O–H groups in total. The number of carbonyl (C=O) groups is 1. The summed E-state index contributed by atoms with van der Waals surface area (Å²) in [5, 5.41) is 2.65. The van der Waals surface area contributed by atoms with E-state index in [2.05, 4.69) is 5.32 Å². The number of para-hydroxylation sites is 1. The van der Waals surface area contributed by atoms with Crippen LogP contribution in [-0.2, 0) is 22.6 Å². The lowest BCUT2D eigenvalue weighted by atomic mass is 10.2. The molecule has 0 saturated heterocycles. The van der Waals surface area contributed by atoms with Crippen molar-refractivity contribution in [2.45, 2.75) is 19.5 Å². The van der Waals surface area contributed by atoms with E-state index in [9.17, 15) is 23.2 Å². The van der Waals surface area contributed by atoms with Crippen molar-refractivity contribution < 1.29 is 18.3 Å². The summed E-state index contributed by atoms with van der Waals surface area (Å²) in [6.45, 7) is 0.0689. The van der Waals surface area contributed by atoms with E-state index in [4.69, 9.17) is 4.74 Å². The molecule has 152 valence electrons. The lowest BCUT2D eigenvalue weighted by molar-refractivity contribution is -0.116. The fraction of sp³-hybridized carbons (Fsp3) is 0.250. The summed E-state index contributed by atoms with van der Waals surface area (Å²) in [5.41, 5.74) is -0.875. The zero-order valence-corrected chi connectivity index (χ0v) is 15.7. The zero-order valence-electron chi connectivity index (χ0n) is 15.7. The number of halogens is 2. The molecule has 9 heteroatoms. The van der Waals surface area contributed by atoms with Crippen molar-refractivity contribution in [1.82, 2.24) is 9.13 Å². The number of hydrogen-bond acceptors (Lipinski definition) is 4. The highest BCUT2D eigenvalue weighted by Crippen LogP contribution is 2.13. The van der Waals surface area contributed by atoms with Crippen LogP contribution in [0.1, 0.15) is 6.42 Å². The maximum atomic E-state index is 13.3. The predicted molar refractivity (Wildman–Crippen MR) is 104 cm³/mol. The molecule has 1 amide bonds. The van der Waals surface area contributed by atoms with Gasteiger partial charge < -0.3 is 10.1 Å². The molecule has 0 aliphatic rings. The Balaban J connectivity index is 1.98. The first-order chi connectivity index (χ1) is 13.9. The minimum Gasteiger partial charge on any atom is -0.385 e. The molecule has 1 aromatic heterocycles. The molecule has 2 aromatic carbocycles. The summed E-state index contributed by atoms with van der Waals surface area (Å²) in [6, 6.07) is 9.05. The number of anilines is 1. The molecule has 0 atom stereocenters. The molecule has 0 aliphatic heterocycles. The van der Waals surface area contributed by atoms with Gasteiger partial charge in [0, 0.05) is 32.0 Å². The average molecular weight is 403 g/mol. The summed E-state index contributed by atoms with van der Waals surface area (Å²) in [5.74, 6) is -2.34. The number of nitrogens with zero attached hydrogens (tertiary/aromatic N) is 2. The van der Waals surface area contributed by atoms with Crippen molar-refractivity contribution in [2.75, 3.05) is 19.0 Å². The Kier molecular flexibility index (Phi) is 6.18. The molecule has 0 saturated carbocycles. The first-order valence-electron chi connectivity index (χ1n) is 8.88. The van der Waals surface area contributed by atoms with Crippen LogP contribution in [0, 0.1) is 11.6 Å². The van der Waals surface area contributed by atoms with Crippen LogP contribution in [0.2, 0.25) is 0 Å². The monoisotopic (exact) mass is 403 g/mol. The van der Waals surface area contributed by atoms with Gasteiger partial charge in [-0.2, -0.15) is 0 Å². The molecule has 1 heterocycles. The van der Waals surface area contributed by atoms with E-state index in [0.717, 1.165) is 21.3 Å². The summed E-state index contributed by atoms with van der Waals surface area (Å²) < 4.78 is 33.8. The fourth-order valence-corrected chi connectivity index (χ4v) is 3.06. The standard InChI is InChI=1S/C20H19F2N3O4/c1-29-8-4-7-24-19(27)16-5-2-3-6-17(16)25(20(24)28)12-18(26)23-15-10-13(21)9-14(22)11-15/h2-3,5-6,9-11H,4,7-8,12H2,1H3,(H,23,26). The lowest BCUT2D eigenvalue weighted by Gasteiger charge is -2.14. The van der Waals surface area contributed by atoms with Gasteiger partial charge in [0.05, 0.1) is 10.9 Å². The third-order valence-corrected chi connectivity index (χ3v) is 4.31. The molecule has 0 spiro atoms. The number of carbonyl (C=O) groups excluding carboxylic acids is 1. The molecule has 0 aliphatic carbocycles. The Morgan fingerprint density at radius 3 is 2.45 bits per heavy atom. The van der Waals surface area contributed by atoms with Crippen molar-refractivity contribution >= 4 is 22.5 Å². The van der Waals surface area contributed by atoms with Crippen molar-refractivity contribution in [3.05, 3.63) is 74.9 Å². The van der Waals surface area contributed by atoms with Crippen LogP contribution in [-0.4, -0.2) is 28.8 Å². The molecule has 0 radical (unpaired) electrons. The summed E-state index contributed by atoms with van der Waals surface area (Å²) in [4.78, 5) is 38.0. The zero-order chi connectivity index (χ0) is 21.0. The number of amides is 1. The number of benzene rings is 2. The number of fused-ring (bicyclic) bond motifs is 1. The molecule has 0 unspecified atom stereocenters. The van der Waals surface area contributed by atoms with Gasteiger partial charge in [-0.15, -0.1) is 0 Å². The maximum absolute atomic E-state index is 13.3. The van der Waals surface area contributed by atoms with Gasteiger partial charge in [0.15, 0.2) is 0 Å². The smallest absolute Gasteiger partial charge is 0.331 e. The number of hydrogen-bond donors (Lipinski definition) is 1. The Labute approximate surface area is 164 Å². The first kappa shape index (κ1) is 20.4. The Hall–Kier alpha value is -3.33. The van der Waals surface area contributed by atoms with E-state index in [1.807, 2.05) is 0 Å². The van der Waals surface area contributed by atoms with Gasteiger partial charge in [0.25, 0.3) is 5.56 Å². The van der Waals surface area contributed by atoms with E-state index in [0.29, 0.717) is 24.6 Å². The van der Waals surface area contributed by atoms with Crippen molar-refractivity contribution in [2.24, 2.45) is 0 Å². The highest BCUT2D eigenvalue weighted by Gasteiger charge is 2.15. The molecule has 29 heavy (non-hydrogen) atoms. The van der Waals surface area contributed by atoms with Crippen LogP contribution in [0.4, 0.5) is 14.5 Å². The second-order valence-electron chi connectivity index (χ2n) is 6.40. The highest BCUT2D eigenvalue weighted by molar-refractivity contribution is 5.91. The van der Waals surface area contributed by atoms with Crippen LogP contribution < -0.4 is 16.6 Å². The van der Waals surface area contributed by atoms with E-state index in [1.165, 1.54) is 7.11 Å². The molecule has 0 bridgehead atoms. The molecule has 3 rings (SSSR count). The molecular formula is C20H19F2N3O4. The van der Waals surface area contributed by atoms with Gasteiger partial charge in [-0.05, 0) is 30.7 Å². The second kappa shape index (κ2) is 8.78. The van der Waals surface area contributed by atoms with Crippen molar-refractivity contribution in [3.8, 4) is 0 Å². The van der Waals surface area contributed by atoms with E-state index >= 15 is 0 Å². The highest BCUT2D eigenvalue weighted by atomic mass is 19.1. The number of nitrogens with one attached hydrogen (secondary N) is 1.